The summed E-state index contributed by atoms with van der Waals surface area (Å²) in [7, 11) is 1.54. The molecule has 5 nitrogen and oxygen atoms in total. The fourth-order valence-electron chi connectivity index (χ4n) is 0.604. The van der Waals surface area contributed by atoms with Gasteiger partial charge in [-0.05, 0) is 11.3 Å². The van der Waals surface area contributed by atoms with Gasteiger partial charge in [-0.25, -0.2) is 4.68 Å². The first kappa shape index (κ1) is 8.92. The molecular weight excluding hydrogens is 178 g/mol. The number of nitrogens with zero attached hydrogens (tertiary/aromatic N) is 2. The van der Waals surface area contributed by atoms with Crippen LogP contribution in [-0.4, -0.2) is 15.7 Å². The summed E-state index contributed by atoms with van der Waals surface area (Å²) in [4.78, 5) is 21.5. The third-order valence-corrected chi connectivity index (χ3v) is 2.07. The van der Waals surface area contributed by atoms with Crippen LogP contribution in [0.2, 0.25) is 0 Å². The maximum atomic E-state index is 10.9. The molecule has 1 aromatic rings. The molecule has 1 aromatic heterocycles. The normalized spacial score (nSPS) is 9.83. The molecule has 0 aliphatic rings. The van der Waals surface area contributed by atoms with Crippen molar-refractivity contribution >= 4 is 22.4 Å². The van der Waals surface area contributed by atoms with Gasteiger partial charge in [-0.2, -0.15) is 0 Å². The Bertz CT molecular complexity index is 341. The van der Waals surface area contributed by atoms with Crippen molar-refractivity contribution < 1.29 is 4.79 Å². The summed E-state index contributed by atoms with van der Waals surface area (Å²) >= 11 is 0.922. The average molecular weight is 187 g/mol. The summed E-state index contributed by atoms with van der Waals surface area (Å²) in [5.41, 5.74) is 0. The van der Waals surface area contributed by atoms with E-state index in [1.165, 1.54) is 4.68 Å². The number of amides is 1. The van der Waals surface area contributed by atoms with E-state index in [-0.39, 0.29) is 10.8 Å². The highest BCUT2D eigenvalue weighted by atomic mass is 32.1. The van der Waals surface area contributed by atoms with Crippen molar-refractivity contribution in [1.82, 2.24) is 9.78 Å². The van der Waals surface area contributed by atoms with Gasteiger partial charge in [0.25, 0.3) is 0 Å². The molecule has 0 aliphatic carbocycles. The highest BCUT2D eigenvalue weighted by molar-refractivity contribution is 7.13. The lowest BCUT2D eigenvalue weighted by Crippen LogP contribution is -2.10. The van der Waals surface area contributed by atoms with Crippen LogP contribution in [0.4, 0.5) is 5.13 Å². The Kier molecular flexibility index (Phi) is 2.59. The van der Waals surface area contributed by atoms with Crippen LogP contribution in [0.15, 0.2) is 4.79 Å². The quantitative estimate of drug-likeness (QED) is 0.718. The molecule has 1 rings (SSSR count). The number of aryl methyl sites for hydroxylation is 1. The molecule has 0 radical (unpaired) electrons. The third-order valence-electron chi connectivity index (χ3n) is 1.26. The van der Waals surface area contributed by atoms with E-state index in [0.717, 1.165) is 11.3 Å². The Labute approximate surface area is 73.0 Å². The Morgan fingerprint density at radius 3 is 2.83 bits per heavy atom. The molecule has 0 unspecified atom stereocenters. The summed E-state index contributed by atoms with van der Waals surface area (Å²) in [5, 5.41) is 6.65. The van der Waals surface area contributed by atoms with Crippen LogP contribution in [0.1, 0.15) is 13.3 Å². The summed E-state index contributed by atoms with van der Waals surface area (Å²) in [6.07, 6.45) is 0.386. The maximum Gasteiger partial charge on any atom is 0.326 e. The van der Waals surface area contributed by atoms with Crippen molar-refractivity contribution in [3.63, 3.8) is 0 Å². The summed E-state index contributed by atoms with van der Waals surface area (Å²) in [5.74, 6) is -0.135. The van der Waals surface area contributed by atoms with E-state index in [1.54, 1.807) is 14.0 Å². The van der Waals surface area contributed by atoms with Crippen molar-refractivity contribution in [2.24, 2.45) is 7.05 Å². The first-order chi connectivity index (χ1) is 5.63. The highest BCUT2D eigenvalue weighted by Gasteiger charge is 2.04. The van der Waals surface area contributed by atoms with E-state index >= 15 is 0 Å². The predicted octanol–water partition coefficient (Wildman–Crippen LogP) is 0.190. The van der Waals surface area contributed by atoms with Crippen LogP contribution in [0.3, 0.4) is 0 Å². The maximum absolute atomic E-state index is 10.9. The number of carbonyl (C=O) groups is 1. The number of hydrogen-bond donors (Lipinski definition) is 1. The average Bonchev–Trinajstić information content (AvgIpc) is 2.31. The van der Waals surface area contributed by atoms with Crippen LogP contribution in [-0.2, 0) is 11.8 Å². The Hall–Kier alpha value is -1.17. The van der Waals surface area contributed by atoms with Crippen LogP contribution < -0.4 is 10.2 Å². The number of aromatic nitrogens is 2. The topological polar surface area (TPSA) is 64.0 Å². The second-order valence-corrected chi connectivity index (χ2v) is 3.14. The van der Waals surface area contributed by atoms with Crippen LogP contribution >= 0.6 is 11.3 Å². The Morgan fingerprint density at radius 1 is 1.75 bits per heavy atom. The first-order valence-corrected chi connectivity index (χ1v) is 4.29. The lowest BCUT2D eigenvalue weighted by molar-refractivity contribution is -0.115. The smallest absolute Gasteiger partial charge is 0.301 e. The zero-order valence-corrected chi connectivity index (χ0v) is 7.64. The van der Waals surface area contributed by atoms with Gasteiger partial charge >= 0.3 is 4.87 Å². The largest absolute Gasteiger partial charge is 0.326 e. The van der Waals surface area contributed by atoms with Crippen molar-refractivity contribution in [2.45, 2.75) is 13.3 Å². The van der Waals surface area contributed by atoms with E-state index < -0.39 is 0 Å². The number of nitrogens with one attached hydrogen (secondary N) is 1. The fraction of sp³-hybridized carbons (Fsp3) is 0.500. The minimum absolute atomic E-state index is 0.135. The van der Waals surface area contributed by atoms with Gasteiger partial charge in [0, 0.05) is 13.5 Å². The second-order valence-electron chi connectivity index (χ2n) is 2.20. The molecule has 0 fully saturated rings. The van der Waals surface area contributed by atoms with Crippen molar-refractivity contribution in [1.29, 1.82) is 0 Å². The SMILES string of the molecule is CCC(=O)Nc1nn(C)c(=O)s1. The van der Waals surface area contributed by atoms with Crippen molar-refractivity contribution in [3.05, 3.63) is 9.67 Å². The monoisotopic (exact) mass is 187 g/mol. The van der Waals surface area contributed by atoms with E-state index in [0.29, 0.717) is 11.6 Å². The molecule has 12 heavy (non-hydrogen) atoms. The lowest BCUT2D eigenvalue weighted by Gasteiger charge is -1.94. The van der Waals surface area contributed by atoms with Gasteiger partial charge in [0.1, 0.15) is 0 Å². The zero-order chi connectivity index (χ0) is 9.14. The third kappa shape index (κ3) is 1.91. The van der Waals surface area contributed by atoms with Crippen LogP contribution in [0.25, 0.3) is 0 Å². The standard InChI is InChI=1S/C6H9N3O2S/c1-3-4(10)7-5-8-9(2)6(11)12-5/h3H2,1-2H3,(H,7,8,10). The van der Waals surface area contributed by atoms with Gasteiger partial charge in [-0.15, -0.1) is 5.10 Å². The molecule has 0 saturated heterocycles. The minimum Gasteiger partial charge on any atom is -0.301 e. The predicted molar refractivity (Wildman–Crippen MR) is 46.3 cm³/mol. The van der Waals surface area contributed by atoms with E-state index in [4.69, 9.17) is 0 Å². The number of carbonyl (C=O) groups excluding carboxylic acids is 1. The molecular formula is C6H9N3O2S. The van der Waals surface area contributed by atoms with Gasteiger partial charge in [-0.3, -0.25) is 9.59 Å². The van der Waals surface area contributed by atoms with Gasteiger partial charge in [0.2, 0.25) is 11.0 Å². The van der Waals surface area contributed by atoms with Crippen LogP contribution in [0, 0.1) is 0 Å². The number of hydrogen-bond acceptors (Lipinski definition) is 4. The van der Waals surface area contributed by atoms with Gasteiger partial charge in [0.15, 0.2) is 0 Å². The fourth-order valence-corrected chi connectivity index (χ4v) is 1.27. The molecule has 0 spiro atoms. The van der Waals surface area contributed by atoms with E-state index in [9.17, 15) is 9.59 Å². The molecule has 0 aliphatic heterocycles. The molecule has 66 valence electrons. The summed E-state index contributed by atoms with van der Waals surface area (Å²) in [6.45, 7) is 1.74. The van der Waals surface area contributed by atoms with Crippen molar-refractivity contribution in [3.8, 4) is 0 Å². The molecule has 0 aromatic carbocycles. The number of rotatable bonds is 2. The molecule has 1 N–H and O–H groups in total. The highest BCUT2D eigenvalue weighted by Crippen LogP contribution is 2.04. The molecule has 1 heterocycles. The Balaban J connectivity index is 2.77. The first-order valence-electron chi connectivity index (χ1n) is 3.47. The summed E-state index contributed by atoms with van der Waals surface area (Å²) < 4.78 is 1.19. The number of anilines is 1. The zero-order valence-electron chi connectivity index (χ0n) is 6.83. The van der Waals surface area contributed by atoms with E-state index in [1.807, 2.05) is 0 Å². The molecule has 1 amide bonds. The molecule has 0 bridgehead atoms. The Morgan fingerprint density at radius 2 is 2.42 bits per heavy atom. The van der Waals surface area contributed by atoms with Crippen molar-refractivity contribution in [2.75, 3.05) is 5.32 Å². The molecule has 6 heteroatoms. The van der Waals surface area contributed by atoms with Crippen LogP contribution in [0.5, 0.6) is 0 Å². The van der Waals surface area contributed by atoms with Gasteiger partial charge in [0.05, 0.1) is 0 Å². The second kappa shape index (κ2) is 3.48. The minimum atomic E-state index is -0.179. The van der Waals surface area contributed by atoms with E-state index in [2.05, 4.69) is 10.4 Å². The lowest BCUT2D eigenvalue weighted by atomic mass is 10.5. The molecule has 0 saturated carbocycles. The summed E-state index contributed by atoms with van der Waals surface area (Å²) in [6, 6.07) is 0. The van der Waals surface area contributed by atoms with Gasteiger partial charge < -0.3 is 5.32 Å². The van der Waals surface area contributed by atoms with Gasteiger partial charge in [-0.1, -0.05) is 6.92 Å². The molecule has 0 atom stereocenters.